The van der Waals surface area contributed by atoms with Crippen LogP contribution >= 0.6 is 0 Å². The lowest BCUT2D eigenvalue weighted by Crippen LogP contribution is -2.32. The third kappa shape index (κ3) is 3.39. The quantitative estimate of drug-likeness (QED) is 0.928. The van der Waals surface area contributed by atoms with Gasteiger partial charge in [-0.25, -0.2) is 8.78 Å². The molecule has 0 radical (unpaired) electrons. The first-order valence-electron chi connectivity index (χ1n) is 7.20. The van der Waals surface area contributed by atoms with Crippen LogP contribution < -0.4 is 10.2 Å². The molecule has 0 saturated carbocycles. The van der Waals surface area contributed by atoms with Crippen LogP contribution in [0.2, 0.25) is 0 Å². The summed E-state index contributed by atoms with van der Waals surface area (Å²) in [6, 6.07) is 14.1. The van der Waals surface area contributed by atoms with Gasteiger partial charge >= 0.3 is 0 Å². The first kappa shape index (κ1) is 14.0. The van der Waals surface area contributed by atoms with Crippen molar-refractivity contribution in [2.75, 3.05) is 18.0 Å². The third-order valence-electron chi connectivity index (χ3n) is 3.90. The molecule has 0 spiro atoms. The first-order chi connectivity index (χ1) is 10.2. The van der Waals surface area contributed by atoms with Gasteiger partial charge in [-0.05, 0) is 36.8 Å². The average Bonchev–Trinajstić information content (AvgIpc) is 2.98. The first-order valence-corrected chi connectivity index (χ1v) is 7.20. The fraction of sp³-hybridized carbons (Fsp3) is 0.294. The lowest BCUT2D eigenvalue weighted by atomic mass is 10.2. The molecule has 2 aromatic carbocycles. The molecule has 2 nitrogen and oxygen atoms in total. The Hall–Kier alpha value is -1.94. The van der Waals surface area contributed by atoms with Gasteiger partial charge in [-0.2, -0.15) is 0 Å². The number of nitrogens with zero attached hydrogens (tertiary/aromatic N) is 1. The van der Waals surface area contributed by atoms with E-state index in [9.17, 15) is 8.78 Å². The van der Waals surface area contributed by atoms with Crippen molar-refractivity contribution in [3.05, 3.63) is 65.7 Å². The Morgan fingerprint density at radius 2 is 1.90 bits per heavy atom. The molecule has 1 N–H and O–H groups in total. The van der Waals surface area contributed by atoms with Crippen molar-refractivity contribution >= 4 is 5.69 Å². The number of rotatable bonds is 4. The highest BCUT2D eigenvalue weighted by molar-refractivity contribution is 5.47. The predicted octanol–water partition coefficient (Wildman–Crippen LogP) is 3.33. The zero-order valence-corrected chi connectivity index (χ0v) is 11.7. The molecule has 0 aromatic heterocycles. The second-order valence-electron chi connectivity index (χ2n) is 5.38. The van der Waals surface area contributed by atoms with Gasteiger partial charge in [-0.1, -0.05) is 18.2 Å². The largest absolute Gasteiger partial charge is 0.370 e. The van der Waals surface area contributed by atoms with E-state index >= 15 is 0 Å². The van der Waals surface area contributed by atoms with E-state index in [1.165, 1.54) is 17.8 Å². The predicted molar refractivity (Wildman–Crippen MR) is 80.3 cm³/mol. The van der Waals surface area contributed by atoms with Crippen LogP contribution in [0.5, 0.6) is 0 Å². The maximum Gasteiger partial charge on any atom is 0.127 e. The normalized spacial score (nSPS) is 18.2. The van der Waals surface area contributed by atoms with Gasteiger partial charge in [0.25, 0.3) is 0 Å². The lowest BCUT2D eigenvalue weighted by molar-refractivity contribution is 0.523. The van der Waals surface area contributed by atoms with Crippen LogP contribution in [0, 0.1) is 11.6 Å². The van der Waals surface area contributed by atoms with Crippen LogP contribution in [0.3, 0.4) is 0 Å². The van der Waals surface area contributed by atoms with Crippen molar-refractivity contribution in [2.24, 2.45) is 0 Å². The van der Waals surface area contributed by atoms with E-state index in [0.717, 1.165) is 25.6 Å². The molecular formula is C17H18F2N2. The van der Waals surface area contributed by atoms with E-state index in [0.29, 0.717) is 18.2 Å². The van der Waals surface area contributed by atoms with Gasteiger partial charge in [0.2, 0.25) is 0 Å². The van der Waals surface area contributed by atoms with Gasteiger partial charge in [0, 0.05) is 36.9 Å². The van der Waals surface area contributed by atoms with Crippen molar-refractivity contribution in [3.8, 4) is 0 Å². The highest BCUT2D eigenvalue weighted by Gasteiger charge is 2.22. The number of benzene rings is 2. The van der Waals surface area contributed by atoms with Gasteiger partial charge in [0.15, 0.2) is 0 Å². The number of anilines is 1. The second-order valence-corrected chi connectivity index (χ2v) is 5.38. The summed E-state index contributed by atoms with van der Waals surface area (Å²) in [5, 5.41) is 3.32. The molecule has 1 saturated heterocycles. The summed E-state index contributed by atoms with van der Waals surface area (Å²) in [7, 11) is 0. The molecule has 3 rings (SSSR count). The molecule has 0 amide bonds. The van der Waals surface area contributed by atoms with Gasteiger partial charge < -0.3 is 10.2 Å². The third-order valence-corrected chi connectivity index (χ3v) is 3.90. The molecule has 2 aromatic rings. The summed E-state index contributed by atoms with van der Waals surface area (Å²) < 4.78 is 26.7. The molecule has 1 unspecified atom stereocenters. The van der Waals surface area contributed by atoms with Crippen LogP contribution in [0.4, 0.5) is 14.5 Å². The van der Waals surface area contributed by atoms with E-state index < -0.39 is 5.82 Å². The second kappa shape index (κ2) is 6.22. The number of hydrogen-bond acceptors (Lipinski definition) is 2. The van der Waals surface area contributed by atoms with Crippen LogP contribution in [0.25, 0.3) is 0 Å². The Bertz CT molecular complexity index is 601. The van der Waals surface area contributed by atoms with Gasteiger partial charge in [0.1, 0.15) is 11.6 Å². The molecule has 21 heavy (non-hydrogen) atoms. The van der Waals surface area contributed by atoms with Crippen LogP contribution in [-0.2, 0) is 6.54 Å². The molecular weight excluding hydrogens is 270 g/mol. The minimum atomic E-state index is -0.398. The standard InChI is InChI=1S/C17H18F2N2/c18-14-6-7-17(19)13(10-14)11-20-15-8-9-21(12-15)16-4-2-1-3-5-16/h1-7,10,15,20H,8-9,11-12H2. The van der Waals surface area contributed by atoms with Gasteiger partial charge in [-0.3, -0.25) is 0 Å². The summed E-state index contributed by atoms with van der Waals surface area (Å²) in [5.74, 6) is -0.757. The minimum absolute atomic E-state index is 0.299. The minimum Gasteiger partial charge on any atom is -0.370 e. The van der Waals surface area contributed by atoms with E-state index in [-0.39, 0.29) is 5.82 Å². The Morgan fingerprint density at radius 3 is 2.71 bits per heavy atom. The number of nitrogens with one attached hydrogen (secondary N) is 1. The molecule has 110 valence electrons. The monoisotopic (exact) mass is 288 g/mol. The summed E-state index contributed by atoms with van der Waals surface area (Å²) in [6.07, 6.45) is 1.01. The maximum absolute atomic E-state index is 13.6. The van der Waals surface area contributed by atoms with Crippen LogP contribution in [0.1, 0.15) is 12.0 Å². The fourth-order valence-electron chi connectivity index (χ4n) is 2.73. The van der Waals surface area contributed by atoms with E-state index in [4.69, 9.17) is 0 Å². The molecule has 1 aliphatic heterocycles. The number of para-hydroxylation sites is 1. The molecule has 0 bridgehead atoms. The number of hydrogen-bond donors (Lipinski definition) is 1. The fourth-order valence-corrected chi connectivity index (χ4v) is 2.73. The average molecular weight is 288 g/mol. The molecule has 1 heterocycles. The van der Waals surface area contributed by atoms with Crippen LogP contribution in [0.15, 0.2) is 48.5 Å². The van der Waals surface area contributed by atoms with E-state index in [2.05, 4.69) is 22.3 Å². The Labute approximate surface area is 123 Å². The summed E-state index contributed by atoms with van der Waals surface area (Å²) in [4.78, 5) is 2.31. The highest BCUT2D eigenvalue weighted by atomic mass is 19.1. The van der Waals surface area contributed by atoms with Crippen molar-refractivity contribution in [2.45, 2.75) is 19.0 Å². The van der Waals surface area contributed by atoms with Crippen molar-refractivity contribution in [1.29, 1.82) is 0 Å². The highest BCUT2D eigenvalue weighted by Crippen LogP contribution is 2.20. The van der Waals surface area contributed by atoms with Crippen molar-refractivity contribution in [3.63, 3.8) is 0 Å². The SMILES string of the molecule is Fc1ccc(F)c(CNC2CCN(c3ccccc3)C2)c1. The summed E-state index contributed by atoms with van der Waals surface area (Å²) in [5.41, 5.74) is 1.59. The molecule has 4 heteroatoms. The lowest BCUT2D eigenvalue weighted by Gasteiger charge is -2.19. The van der Waals surface area contributed by atoms with E-state index in [1.807, 2.05) is 18.2 Å². The topological polar surface area (TPSA) is 15.3 Å². The zero-order chi connectivity index (χ0) is 14.7. The molecule has 1 aliphatic rings. The molecule has 1 fully saturated rings. The summed E-state index contributed by atoms with van der Waals surface area (Å²) >= 11 is 0. The van der Waals surface area contributed by atoms with Crippen LogP contribution in [-0.4, -0.2) is 19.1 Å². The Balaban J connectivity index is 1.57. The van der Waals surface area contributed by atoms with Gasteiger partial charge in [0.05, 0.1) is 0 Å². The summed E-state index contributed by atoms with van der Waals surface area (Å²) in [6.45, 7) is 2.23. The molecule has 1 atom stereocenters. The van der Waals surface area contributed by atoms with Crippen molar-refractivity contribution < 1.29 is 8.78 Å². The maximum atomic E-state index is 13.6. The van der Waals surface area contributed by atoms with E-state index in [1.54, 1.807) is 0 Å². The smallest absolute Gasteiger partial charge is 0.127 e. The number of halogens is 2. The Morgan fingerprint density at radius 1 is 1.10 bits per heavy atom. The van der Waals surface area contributed by atoms with Gasteiger partial charge in [-0.15, -0.1) is 0 Å². The Kier molecular flexibility index (Phi) is 4.15. The molecule has 0 aliphatic carbocycles. The zero-order valence-electron chi connectivity index (χ0n) is 11.7. The van der Waals surface area contributed by atoms with Crippen molar-refractivity contribution in [1.82, 2.24) is 5.32 Å².